The zero-order valence-corrected chi connectivity index (χ0v) is 24.3. The Morgan fingerprint density at radius 1 is 1.07 bits per heavy atom. The number of aliphatic hydroxyl groups excluding tert-OH is 1. The standard InChI is InChI=1S/C31H26BrFN2O4S/c1-3-38-24-12-10-23(11-13-24)34-30-28(31(37)39-4-2)29(36)27(40-30)15-20-18-35(17-19-5-8-22(33)9-6-19)26-14-7-21(32)16-25(20)26/h5-16,18,36H,3-4,17H2,1-2H3/b27-15-,34-30?. The molecule has 0 radical (unpaired) electrons. The van der Waals surface area contributed by atoms with Crippen LogP contribution >= 0.6 is 27.7 Å². The van der Waals surface area contributed by atoms with Gasteiger partial charge >= 0.3 is 5.97 Å². The Kier molecular flexibility index (Phi) is 8.42. The van der Waals surface area contributed by atoms with Gasteiger partial charge in [-0.25, -0.2) is 14.2 Å². The van der Waals surface area contributed by atoms with Crippen molar-refractivity contribution in [3.05, 3.63) is 111 Å². The molecule has 0 saturated carbocycles. The van der Waals surface area contributed by atoms with Crippen molar-refractivity contribution in [3.8, 4) is 5.75 Å². The number of aliphatic imine (C=N–C) groups is 1. The van der Waals surface area contributed by atoms with Crippen molar-refractivity contribution in [2.75, 3.05) is 13.2 Å². The molecule has 0 saturated heterocycles. The summed E-state index contributed by atoms with van der Waals surface area (Å²) in [7, 11) is 0. The molecule has 1 aliphatic rings. The molecule has 204 valence electrons. The number of carbonyl (C=O) groups is 1. The summed E-state index contributed by atoms with van der Waals surface area (Å²) in [5.41, 5.74) is 3.41. The molecule has 0 atom stereocenters. The lowest BCUT2D eigenvalue weighted by molar-refractivity contribution is -0.138. The van der Waals surface area contributed by atoms with Crippen LogP contribution in [0, 0.1) is 5.82 Å². The van der Waals surface area contributed by atoms with E-state index in [4.69, 9.17) is 9.47 Å². The Hall–Kier alpha value is -3.82. The first-order chi connectivity index (χ1) is 19.4. The highest BCUT2D eigenvalue weighted by Gasteiger charge is 2.33. The maximum absolute atomic E-state index is 13.4. The summed E-state index contributed by atoms with van der Waals surface area (Å²) in [4.78, 5) is 18.0. The van der Waals surface area contributed by atoms with Crippen LogP contribution in [0.15, 0.2) is 98.6 Å². The lowest BCUT2D eigenvalue weighted by atomic mass is 10.1. The molecule has 0 bridgehead atoms. The highest BCUT2D eigenvalue weighted by molar-refractivity contribution is 9.10. The van der Waals surface area contributed by atoms with Crippen molar-refractivity contribution in [2.24, 2.45) is 4.99 Å². The molecule has 5 rings (SSSR count). The molecule has 3 aromatic carbocycles. The number of hydrogen-bond acceptors (Lipinski definition) is 6. The maximum Gasteiger partial charge on any atom is 0.344 e. The number of aromatic nitrogens is 1. The monoisotopic (exact) mass is 620 g/mol. The van der Waals surface area contributed by atoms with Gasteiger partial charge < -0.3 is 19.1 Å². The van der Waals surface area contributed by atoms with Crippen LogP contribution in [0.1, 0.15) is 25.0 Å². The largest absolute Gasteiger partial charge is 0.506 e. The molecule has 6 nitrogen and oxygen atoms in total. The summed E-state index contributed by atoms with van der Waals surface area (Å²) in [6.07, 6.45) is 3.82. The first-order valence-electron chi connectivity index (χ1n) is 12.7. The molecule has 0 unspecified atom stereocenters. The molecule has 4 aromatic rings. The zero-order chi connectivity index (χ0) is 28.2. The van der Waals surface area contributed by atoms with Gasteiger partial charge in [-0.3, -0.25) is 0 Å². The molecule has 40 heavy (non-hydrogen) atoms. The van der Waals surface area contributed by atoms with Crippen molar-refractivity contribution < 1.29 is 23.8 Å². The second-order valence-corrected chi connectivity index (χ2v) is 10.8. The second-order valence-electron chi connectivity index (χ2n) is 8.90. The van der Waals surface area contributed by atoms with Crippen LogP contribution in [0.4, 0.5) is 10.1 Å². The van der Waals surface area contributed by atoms with Gasteiger partial charge in [0.2, 0.25) is 0 Å². The van der Waals surface area contributed by atoms with Crippen molar-refractivity contribution in [1.82, 2.24) is 4.57 Å². The van der Waals surface area contributed by atoms with Gasteiger partial charge in [-0.15, -0.1) is 0 Å². The van der Waals surface area contributed by atoms with E-state index in [0.29, 0.717) is 28.8 Å². The van der Waals surface area contributed by atoms with Gasteiger partial charge in [-0.05, 0) is 80.1 Å². The van der Waals surface area contributed by atoms with E-state index in [-0.39, 0.29) is 23.8 Å². The zero-order valence-electron chi connectivity index (χ0n) is 21.9. The predicted molar refractivity (Wildman–Crippen MR) is 162 cm³/mol. The van der Waals surface area contributed by atoms with E-state index < -0.39 is 5.97 Å². The summed E-state index contributed by atoms with van der Waals surface area (Å²) >= 11 is 4.76. The third kappa shape index (κ3) is 6.00. The van der Waals surface area contributed by atoms with Crippen LogP contribution in [0.5, 0.6) is 5.75 Å². The number of ether oxygens (including phenoxy) is 2. The minimum atomic E-state index is -0.637. The van der Waals surface area contributed by atoms with Crippen molar-refractivity contribution >= 4 is 61.4 Å². The predicted octanol–water partition coefficient (Wildman–Crippen LogP) is 8.18. The fraction of sp³-hybridized carbons (Fsp3) is 0.161. The quantitative estimate of drug-likeness (QED) is 0.201. The number of carbonyl (C=O) groups excluding carboxylic acids is 1. The Morgan fingerprint density at radius 3 is 2.52 bits per heavy atom. The van der Waals surface area contributed by atoms with Gasteiger partial charge in [0.1, 0.15) is 27.9 Å². The molecule has 1 N–H and O–H groups in total. The molecule has 0 spiro atoms. The Balaban J connectivity index is 1.55. The molecule has 1 aromatic heterocycles. The van der Waals surface area contributed by atoms with Crippen LogP contribution in [-0.2, 0) is 16.1 Å². The number of thioether (sulfide) groups is 1. The lowest BCUT2D eigenvalue weighted by Crippen LogP contribution is -2.12. The first-order valence-corrected chi connectivity index (χ1v) is 14.3. The number of benzene rings is 3. The molecular weight excluding hydrogens is 595 g/mol. The summed E-state index contributed by atoms with van der Waals surface area (Å²) in [6.45, 7) is 4.88. The fourth-order valence-electron chi connectivity index (χ4n) is 4.36. The summed E-state index contributed by atoms with van der Waals surface area (Å²) in [6, 6.07) is 19.6. The minimum Gasteiger partial charge on any atom is -0.506 e. The average Bonchev–Trinajstić information content (AvgIpc) is 3.42. The van der Waals surface area contributed by atoms with Gasteiger partial charge in [0.15, 0.2) is 0 Å². The van der Waals surface area contributed by atoms with Crippen molar-refractivity contribution in [2.45, 2.75) is 20.4 Å². The van der Waals surface area contributed by atoms with Crippen molar-refractivity contribution in [3.63, 3.8) is 0 Å². The average molecular weight is 622 g/mol. The third-order valence-electron chi connectivity index (χ3n) is 6.18. The second kappa shape index (κ2) is 12.1. The van der Waals surface area contributed by atoms with Gasteiger partial charge in [0.05, 0.1) is 23.8 Å². The molecule has 0 amide bonds. The topological polar surface area (TPSA) is 73.0 Å². The van der Waals surface area contributed by atoms with E-state index in [9.17, 15) is 14.3 Å². The first kappa shape index (κ1) is 27.7. The fourth-order valence-corrected chi connectivity index (χ4v) is 5.75. The molecule has 9 heteroatoms. The summed E-state index contributed by atoms with van der Waals surface area (Å²) in [5, 5.41) is 12.5. The minimum absolute atomic E-state index is 0.0308. The van der Waals surface area contributed by atoms with Gasteiger partial charge in [-0.1, -0.05) is 39.8 Å². The van der Waals surface area contributed by atoms with Gasteiger partial charge in [0, 0.05) is 33.7 Å². The number of nitrogens with zero attached hydrogens (tertiary/aromatic N) is 2. The molecular formula is C31H26BrFN2O4S. The maximum atomic E-state index is 13.4. The highest BCUT2D eigenvalue weighted by atomic mass is 79.9. The van der Waals surface area contributed by atoms with Crippen LogP contribution in [-0.4, -0.2) is 33.9 Å². The number of hydrogen-bond donors (Lipinski definition) is 1. The van der Waals surface area contributed by atoms with E-state index in [0.717, 1.165) is 32.3 Å². The smallest absolute Gasteiger partial charge is 0.344 e. The van der Waals surface area contributed by atoms with Crippen LogP contribution in [0.25, 0.3) is 17.0 Å². The normalized spacial score (nSPS) is 15.4. The highest BCUT2D eigenvalue weighted by Crippen LogP contribution is 2.41. The number of halogens is 2. The number of esters is 1. The third-order valence-corrected chi connectivity index (χ3v) is 7.69. The summed E-state index contributed by atoms with van der Waals surface area (Å²) < 4.78 is 27.2. The van der Waals surface area contributed by atoms with Gasteiger partial charge in [0.25, 0.3) is 0 Å². The van der Waals surface area contributed by atoms with E-state index in [1.54, 1.807) is 43.3 Å². The Bertz CT molecular complexity index is 1660. The molecule has 0 aliphatic carbocycles. The van der Waals surface area contributed by atoms with E-state index in [2.05, 4.69) is 25.5 Å². The lowest BCUT2D eigenvalue weighted by Gasteiger charge is -2.05. The number of fused-ring (bicyclic) bond motifs is 1. The van der Waals surface area contributed by atoms with Crippen molar-refractivity contribution in [1.29, 1.82) is 0 Å². The molecule has 2 heterocycles. The number of aliphatic hydroxyl groups is 1. The molecule has 1 aliphatic heterocycles. The van der Waals surface area contributed by atoms with Gasteiger partial charge in [-0.2, -0.15) is 0 Å². The molecule has 0 fully saturated rings. The van der Waals surface area contributed by atoms with E-state index >= 15 is 0 Å². The Morgan fingerprint density at radius 2 is 1.82 bits per heavy atom. The summed E-state index contributed by atoms with van der Waals surface area (Å²) in [5.74, 6) is -0.376. The van der Waals surface area contributed by atoms with Crippen LogP contribution in [0.2, 0.25) is 0 Å². The van der Waals surface area contributed by atoms with E-state index in [1.165, 1.54) is 23.9 Å². The Labute approximate surface area is 244 Å². The van der Waals surface area contributed by atoms with Crippen LogP contribution < -0.4 is 4.74 Å². The van der Waals surface area contributed by atoms with E-state index in [1.807, 2.05) is 37.4 Å². The number of rotatable bonds is 8. The van der Waals surface area contributed by atoms with Crippen LogP contribution in [0.3, 0.4) is 0 Å². The SMILES string of the molecule is CCOC(=O)C1=C(O)/C(=C/c2cn(Cc3ccc(F)cc3)c3ccc(Br)cc23)SC1=Nc1ccc(OCC)cc1.